The Morgan fingerprint density at radius 1 is 1.25 bits per heavy atom. The monoisotopic (exact) mass is 332 g/mol. The van der Waals surface area contributed by atoms with E-state index in [0.29, 0.717) is 0 Å². The van der Waals surface area contributed by atoms with Crippen LogP contribution in [0, 0.1) is 0 Å². The number of carbonyl (C=O) groups excluding carboxylic acids is 1. The van der Waals surface area contributed by atoms with Crippen molar-refractivity contribution in [3.63, 3.8) is 0 Å². The highest BCUT2D eigenvalue weighted by atomic mass is 79.9. The van der Waals surface area contributed by atoms with Gasteiger partial charge in [-0.05, 0) is 18.2 Å². The molecule has 0 saturated heterocycles. The molecule has 20 heavy (non-hydrogen) atoms. The number of benzene rings is 2. The van der Waals surface area contributed by atoms with E-state index < -0.39 is 6.04 Å². The third kappa shape index (κ3) is 2.30. The summed E-state index contributed by atoms with van der Waals surface area (Å²) in [5, 5.41) is 15.4. The molecule has 3 N–H and O–H groups in total. The second-order valence-electron chi connectivity index (χ2n) is 4.61. The molecule has 5 heteroatoms. The molecule has 3 rings (SSSR count). The molecule has 2 aromatic rings. The molecule has 0 spiro atoms. The van der Waals surface area contributed by atoms with E-state index in [2.05, 4.69) is 26.6 Å². The number of fused-ring (bicyclic) bond motifs is 1. The second-order valence-corrected chi connectivity index (χ2v) is 5.53. The summed E-state index contributed by atoms with van der Waals surface area (Å²) in [6.45, 7) is -0.0648. The molecular weight excluding hydrogens is 320 g/mol. The molecule has 0 aromatic heterocycles. The highest BCUT2D eigenvalue weighted by Crippen LogP contribution is 2.35. The summed E-state index contributed by atoms with van der Waals surface area (Å²) in [6, 6.07) is 12.7. The zero-order chi connectivity index (χ0) is 14.1. The first-order valence-corrected chi connectivity index (χ1v) is 7.04. The molecule has 2 aromatic carbocycles. The number of rotatable bonds is 3. The lowest BCUT2D eigenvalue weighted by Gasteiger charge is -2.15. The Bertz CT molecular complexity index is 673. The van der Waals surface area contributed by atoms with Crippen LogP contribution in [0.5, 0.6) is 0 Å². The van der Waals surface area contributed by atoms with Crippen molar-refractivity contribution in [2.24, 2.45) is 0 Å². The average molecular weight is 333 g/mol. The quantitative estimate of drug-likeness (QED) is 0.809. The van der Waals surface area contributed by atoms with Crippen LogP contribution in [0.4, 0.5) is 11.4 Å². The molecule has 1 atom stereocenters. The van der Waals surface area contributed by atoms with Gasteiger partial charge in [-0.1, -0.05) is 40.2 Å². The molecule has 1 heterocycles. The van der Waals surface area contributed by atoms with Crippen molar-refractivity contribution < 1.29 is 9.90 Å². The van der Waals surface area contributed by atoms with Gasteiger partial charge in [0.15, 0.2) is 0 Å². The van der Waals surface area contributed by atoms with E-state index in [9.17, 15) is 9.90 Å². The number of aliphatic hydroxyl groups is 1. The minimum Gasteiger partial charge on any atom is -0.392 e. The summed E-state index contributed by atoms with van der Waals surface area (Å²) in [5.41, 5.74) is 3.26. The van der Waals surface area contributed by atoms with Crippen LogP contribution in [0.3, 0.4) is 0 Å². The smallest absolute Gasteiger partial charge is 0.251 e. The van der Waals surface area contributed by atoms with E-state index in [1.165, 1.54) is 0 Å². The molecule has 1 amide bonds. The normalized spacial score (nSPS) is 16.7. The number of anilines is 2. The fourth-order valence-corrected chi connectivity index (χ4v) is 2.69. The molecule has 1 aliphatic heterocycles. The molecular formula is C15H13BrN2O2. The first-order chi connectivity index (χ1) is 9.69. The fourth-order valence-electron chi connectivity index (χ4n) is 2.33. The first kappa shape index (κ1) is 13.1. The highest BCUT2D eigenvalue weighted by molar-refractivity contribution is 9.10. The van der Waals surface area contributed by atoms with Crippen LogP contribution in [0.15, 0.2) is 46.9 Å². The summed E-state index contributed by atoms with van der Waals surface area (Å²) >= 11 is 3.39. The van der Waals surface area contributed by atoms with Gasteiger partial charge in [0.1, 0.15) is 6.04 Å². The Hall–Kier alpha value is -1.85. The molecule has 4 nitrogen and oxygen atoms in total. The van der Waals surface area contributed by atoms with Gasteiger partial charge in [-0.2, -0.15) is 0 Å². The molecule has 0 radical (unpaired) electrons. The van der Waals surface area contributed by atoms with Crippen molar-refractivity contribution in [3.05, 3.63) is 58.1 Å². The SMILES string of the molecule is O=C1Nc2cc(Br)ccc2C1Nc1ccccc1CO. The lowest BCUT2D eigenvalue weighted by Crippen LogP contribution is -2.20. The Balaban J connectivity index is 1.94. The van der Waals surface area contributed by atoms with Crippen molar-refractivity contribution in [3.8, 4) is 0 Å². The maximum absolute atomic E-state index is 12.1. The van der Waals surface area contributed by atoms with E-state index in [1.807, 2.05) is 42.5 Å². The van der Waals surface area contributed by atoms with Crippen molar-refractivity contribution in [1.82, 2.24) is 0 Å². The van der Waals surface area contributed by atoms with E-state index in [1.54, 1.807) is 0 Å². The van der Waals surface area contributed by atoms with Crippen molar-refractivity contribution >= 4 is 33.2 Å². The summed E-state index contributed by atoms with van der Waals surface area (Å²) in [5.74, 6) is -0.0918. The van der Waals surface area contributed by atoms with Crippen LogP contribution in [0.1, 0.15) is 17.2 Å². The summed E-state index contributed by atoms with van der Waals surface area (Å²) < 4.78 is 0.924. The van der Waals surface area contributed by atoms with E-state index >= 15 is 0 Å². The molecule has 102 valence electrons. The molecule has 0 bridgehead atoms. The maximum atomic E-state index is 12.1. The molecule has 1 aliphatic rings. The largest absolute Gasteiger partial charge is 0.392 e. The van der Waals surface area contributed by atoms with E-state index in [-0.39, 0.29) is 12.5 Å². The van der Waals surface area contributed by atoms with E-state index in [0.717, 1.165) is 27.0 Å². The Kier molecular flexibility index (Phi) is 3.46. The van der Waals surface area contributed by atoms with Crippen molar-refractivity contribution in [1.29, 1.82) is 0 Å². The summed E-state index contributed by atoms with van der Waals surface area (Å²) in [4.78, 5) is 12.1. The van der Waals surface area contributed by atoms with Crippen LogP contribution in [0.25, 0.3) is 0 Å². The predicted molar refractivity (Wildman–Crippen MR) is 81.5 cm³/mol. The summed E-state index contributed by atoms with van der Waals surface area (Å²) in [7, 11) is 0. The Morgan fingerprint density at radius 2 is 2.05 bits per heavy atom. The summed E-state index contributed by atoms with van der Waals surface area (Å²) in [6.07, 6.45) is 0. The van der Waals surface area contributed by atoms with Gasteiger partial charge in [-0.25, -0.2) is 0 Å². The topological polar surface area (TPSA) is 61.4 Å². The lowest BCUT2D eigenvalue weighted by atomic mass is 10.1. The predicted octanol–water partition coefficient (Wildman–Crippen LogP) is 3.05. The average Bonchev–Trinajstić information content (AvgIpc) is 2.75. The molecule has 1 unspecified atom stereocenters. The number of carbonyl (C=O) groups is 1. The second kappa shape index (κ2) is 5.26. The number of para-hydroxylation sites is 1. The number of amides is 1. The number of aliphatic hydroxyl groups excluding tert-OH is 1. The van der Waals surface area contributed by atoms with Crippen LogP contribution in [-0.2, 0) is 11.4 Å². The van der Waals surface area contributed by atoms with E-state index in [4.69, 9.17) is 0 Å². The van der Waals surface area contributed by atoms with Gasteiger partial charge in [0.05, 0.1) is 6.61 Å². The van der Waals surface area contributed by atoms with Crippen molar-refractivity contribution in [2.75, 3.05) is 10.6 Å². The van der Waals surface area contributed by atoms with Gasteiger partial charge in [-0.3, -0.25) is 4.79 Å². The van der Waals surface area contributed by atoms with Crippen LogP contribution in [0.2, 0.25) is 0 Å². The third-order valence-electron chi connectivity index (χ3n) is 3.33. The molecule has 0 aliphatic carbocycles. The fraction of sp³-hybridized carbons (Fsp3) is 0.133. The molecule has 0 fully saturated rings. The first-order valence-electron chi connectivity index (χ1n) is 6.24. The molecule has 0 saturated carbocycles. The number of halogens is 1. The van der Waals surface area contributed by atoms with Crippen molar-refractivity contribution in [2.45, 2.75) is 12.6 Å². The zero-order valence-electron chi connectivity index (χ0n) is 10.6. The minimum atomic E-state index is -0.439. The van der Waals surface area contributed by atoms with Gasteiger partial charge in [0.2, 0.25) is 0 Å². The van der Waals surface area contributed by atoms with Gasteiger partial charge in [-0.15, -0.1) is 0 Å². The Morgan fingerprint density at radius 3 is 2.85 bits per heavy atom. The lowest BCUT2D eigenvalue weighted by molar-refractivity contribution is -0.116. The number of nitrogens with one attached hydrogen (secondary N) is 2. The number of hydrogen-bond donors (Lipinski definition) is 3. The highest BCUT2D eigenvalue weighted by Gasteiger charge is 2.30. The van der Waals surface area contributed by atoms with Crippen LogP contribution in [-0.4, -0.2) is 11.0 Å². The van der Waals surface area contributed by atoms with Gasteiger partial charge in [0.25, 0.3) is 5.91 Å². The van der Waals surface area contributed by atoms with Crippen LogP contribution >= 0.6 is 15.9 Å². The third-order valence-corrected chi connectivity index (χ3v) is 3.83. The minimum absolute atomic E-state index is 0.0648. The van der Waals surface area contributed by atoms with Gasteiger partial charge < -0.3 is 15.7 Å². The maximum Gasteiger partial charge on any atom is 0.251 e. The Labute approximate surface area is 125 Å². The van der Waals surface area contributed by atoms with Gasteiger partial charge >= 0.3 is 0 Å². The zero-order valence-corrected chi connectivity index (χ0v) is 12.1. The van der Waals surface area contributed by atoms with Crippen LogP contribution < -0.4 is 10.6 Å². The van der Waals surface area contributed by atoms with Gasteiger partial charge in [0, 0.05) is 27.0 Å². The standard InChI is InChI=1S/C15H13BrN2O2/c16-10-5-6-11-13(7-10)18-15(20)14(11)17-12-4-2-1-3-9(12)8-19/h1-7,14,17,19H,8H2,(H,18,20). The number of hydrogen-bond acceptors (Lipinski definition) is 3.